The summed E-state index contributed by atoms with van der Waals surface area (Å²) in [6.45, 7) is 3.40. The Hall–Kier alpha value is -0.410. The molecular weight excluding hydrogens is 204 g/mol. The van der Waals surface area contributed by atoms with Crippen molar-refractivity contribution in [2.75, 3.05) is 6.54 Å². The summed E-state index contributed by atoms with van der Waals surface area (Å²) in [7, 11) is 0. The third kappa shape index (κ3) is 3.02. The second kappa shape index (κ2) is 5.61. The Morgan fingerprint density at radius 3 is 3.20 bits per heavy atom. The Morgan fingerprint density at radius 2 is 2.47 bits per heavy atom. The van der Waals surface area contributed by atoms with Crippen molar-refractivity contribution in [2.24, 2.45) is 5.92 Å². The zero-order valence-corrected chi connectivity index (χ0v) is 10.2. The van der Waals surface area contributed by atoms with E-state index < -0.39 is 0 Å². The maximum atomic E-state index is 4.30. The first-order valence-electron chi connectivity index (χ1n) is 6.02. The standard InChI is InChI=1S/C12H20N2S/c1-2-10-4-3-5-11(10)13-7-6-12-14-8-9-15-12/h8-11,13H,2-7H2,1H3. The predicted molar refractivity (Wildman–Crippen MR) is 65.2 cm³/mol. The molecule has 1 aromatic heterocycles. The predicted octanol–water partition coefficient (Wildman–Crippen LogP) is 2.85. The molecule has 84 valence electrons. The fourth-order valence-electron chi connectivity index (χ4n) is 2.54. The van der Waals surface area contributed by atoms with E-state index in [1.165, 1.54) is 30.7 Å². The van der Waals surface area contributed by atoms with Gasteiger partial charge in [-0.25, -0.2) is 4.98 Å². The monoisotopic (exact) mass is 224 g/mol. The first-order valence-corrected chi connectivity index (χ1v) is 6.90. The summed E-state index contributed by atoms with van der Waals surface area (Å²) in [5.74, 6) is 0.918. The van der Waals surface area contributed by atoms with Gasteiger partial charge in [-0.05, 0) is 18.8 Å². The minimum absolute atomic E-state index is 0.773. The number of hydrogen-bond donors (Lipinski definition) is 1. The average Bonchev–Trinajstić information content (AvgIpc) is 2.88. The van der Waals surface area contributed by atoms with Crippen LogP contribution < -0.4 is 5.32 Å². The number of aromatic nitrogens is 1. The Labute approximate surface area is 96.1 Å². The normalized spacial score (nSPS) is 25.9. The number of nitrogens with one attached hydrogen (secondary N) is 1. The van der Waals surface area contributed by atoms with Gasteiger partial charge in [-0.15, -0.1) is 11.3 Å². The maximum absolute atomic E-state index is 4.30. The highest BCUT2D eigenvalue weighted by atomic mass is 32.1. The molecule has 1 aliphatic rings. The molecule has 2 nitrogen and oxygen atoms in total. The molecule has 1 fully saturated rings. The van der Waals surface area contributed by atoms with Crippen LogP contribution in [0, 0.1) is 5.92 Å². The van der Waals surface area contributed by atoms with Gasteiger partial charge in [-0.1, -0.05) is 19.8 Å². The fraction of sp³-hybridized carbons (Fsp3) is 0.750. The van der Waals surface area contributed by atoms with Crippen LogP contribution in [0.15, 0.2) is 11.6 Å². The van der Waals surface area contributed by atoms with Gasteiger partial charge in [-0.3, -0.25) is 0 Å². The summed E-state index contributed by atoms with van der Waals surface area (Å²) in [4.78, 5) is 4.30. The maximum Gasteiger partial charge on any atom is 0.0937 e. The molecule has 0 radical (unpaired) electrons. The Bertz CT molecular complexity index is 271. The fourth-order valence-corrected chi connectivity index (χ4v) is 3.16. The van der Waals surface area contributed by atoms with Crippen molar-refractivity contribution >= 4 is 11.3 Å². The number of thiazole rings is 1. The molecule has 0 saturated heterocycles. The highest BCUT2D eigenvalue weighted by Gasteiger charge is 2.24. The second-order valence-corrected chi connectivity index (χ2v) is 5.31. The molecular formula is C12H20N2S. The van der Waals surface area contributed by atoms with Gasteiger partial charge >= 0.3 is 0 Å². The first-order chi connectivity index (χ1) is 7.40. The third-order valence-corrected chi connectivity index (χ3v) is 4.25. The van der Waals surface area contributed by atoms with E-state index in [-0.39, 0.29) is 0 Å². The summed E-state index contributed by atoms with van der Waals surface area (Å²) < 4.78 is 0. The zero-order chi connectivity index (χ0) is 10.5. The van der Waals surface area contributed by atoms with Gasteiger partial charge < -0.3 is 5.32 Å². The molecule has 0 aliphatic heterocycles. The summed E-state index contributed by atoms with van der Waals surface area (Å²) >= 11 is 1.76. The molecule has 0 spiro atoms. The molecule has 0 aromatic carbocycles. The lowest BCUT2D eigenvalue weighted by molar-refractivity contribution is 0.393. The Balaban J connectivity index is 1.69. The molecule has 0 bridgehead atoms. The molecule has 2 unspecified atom stereocenters. The zero-order valence-electron chi connectivity index (χ0n) is 9.41. The molecule has 1 aromatic rings. The average molecular weight is 224 g/mol. The minimum atomic E-state index is 0.773. The number of hydrogen-bond acceptors (Lipinski definition) is 3. The van der Waals surface area contributed by atoms with Crippen LogP contribution in [0.25, 0.3) is 0 Å². The lowest BCUT2D eigenvalue weighted by atomic mass is 10.0. The first kappa shape index (κ1) is 11.1. The lowest BCUT2D eigenvalue weighted by Crippen LogP contribution is -2.33. The molecule has 0 amide bonds. The molecule has 15 heavy (non-hydrogen) atoms. The largest absolute Gasteiger partial charge is 0.313 e. The van der Waals surface area contributed by atoms with Gasteiger partial charge in [0, 0.05) is 30.6 Å². The molecule has 2 rings (SSSR count). The smallest absolute Gasteiger partial charge is 0.0937 e. The van der Waals surface area contributed by atoms with E-state index in [2.05, 4.69) is 22.6 Å². The highest BCUT2D eigenvalue weighted by molar-refractivity contribution is 7.09. The van der Waals surface area contributed by atoms with Crippen molar-refractivity contribution in [3.05, 3.63) is 16.6 Å². The van der Waals surface area contributed by atoms with Crippen LogP contribution in [0.3, 0.4) is 0 Å². The van der Waals surface area contributed by atoms with Crippen molar-refractivity contribution in [1.82, 2.24) is 10.3 Å². The van der Waals surface area contributed by atoms with Crippen molar-refractivity contribution in [3.8, 4) is 0 Å². The van der Waals surface area contributed by atoms with Crippen LogP contribution in [0.5, 0.6) is 0 Å². The van der Waals surface area contributed by atoms with Gasteiger partial charge in [0.1, 0.15) is 0 Å². The van der Waals surface area contributed by atoms with Gasteiger partial charge in [0.15, 0.2) is 0 Å². The lowest BCUT2D eigenvalue weighted by Gasteiger charge is -2.19. The molecule has 1 aliphatic carbocycles. The molecule has 2 atom stereocenters. The van der Waals surface area contributed by atoms with E-state index in [1.54, 1.807) is 11.3 Å². The molecule has 1 heterocycles. The van der Waals surface area contributed by atoms with Crippen molar-refractivity contribution < 1.29 is 0 Å². The van der Waals surface area contributed by atoms with Crippen molar-refractivity contribution in [3.63, 3.8) is 0 Å². The van der Waals surface area contributed by atoms with Crippen LogP contribution in [0.1, 0.15) is 37.6 Å². The van der Waals surface area contributed by atoms with Gasteiger partial charge in [0.2, 0.25) is 0 Å². The van der Waals surface area contributed by atoms with Crippen molar-refractivity contribution in [1.29, 1.82) is 0 Å². The SMILES string of the molecule is CCC1CCCC1NCCc1nccs1. The van der Waals surface area contributed by atoms with Gasteiger partial charge in [0.05, 0.1) is 5.01 Å². The van der Waals surface area contributed by atoms with E-state index in [9.17, 15) is 0 Å². The molecule has 1 N–H and O–H groups in total. The van der Waals surface area contributed by atoms with E-state index in [4.69, 9.17) is 0 Å². The van der Waals surface area contributed by atoms with Crippen LogP contribution in [0.4, 0.5) is 0 Å². The van der Waals surface area contributed by atoms with E-state index in [0.29, 0.717) is 0 Å². The van der Waals surface area contributed by atoms with Crippen LogP contribution in [0.2, 0.25) is 0 Å². The van der Waals surface area contributed by atoms with E-state index in [1.807, 2.05) is 6.20 Å². The van der Waals surface area contributed by atoms with Crippen LogP contribution >= 0.6 is 11.3 Å². The highest BCUT2D eigenvalue weighted by Crippen LogP contribution is 2.27. The van der Waals surface area contributed by atoms with Gasteiger partial charge in [0.25, 0.3) is 0 Å². The van der Waals surface area contributed by atoms with Crippen LogP contribution in [-0.4, -0.2) is 17.6 Å². The summed E-state index contributed by atoms with van der Waals surface area (Å²) in [5, 5.41) is 7.00. The summed E-state index contributed by atoms with van der Waals surface area (Å²) in [5.41, 5.74) is 0. The summed E-state index contributed by atoms with van der Waals surface area (Å²) in [6, 6.07) is 0.773. The molecule has 3 heteroatoms. The van der Waals surface area contributed by atoms with E-state index >= 15 is 0 Å². The Kier molecular flexibility index (Phi) is 4.15. The van der Waals surface area contributed by atoms with Gasteiger partial charge in [-0.2, -0.15) is 0 Å². The second-order valence-electron chi connectivity index (χ2n) is 4.34. The minimum Gasteiger partial charge on any atom is -0.313 e. The summed E-state index contributed by atoms with van der Waals surface area (Å²) in [6.07, 6.45) is 8.51. The van der Waals surface area contributed by atoms with Crippen LogP contribution in [-0.2, 0) is 6.42 Å². The topological polar surface area (TPSA) is 24.9 Å². The molecule has 1 saturated carbocycles. The quantitative estimate of drug-likeness (QED) is 0.832. The Morgan fingerprint density at radius 1 is 1.53 bits per heavy atom. The number of rotatable bonds is 5. The van der Waals surface area contributed by atoms with Crippen molar-refractivity contribution in [2.45, 2.75) is 45.1 Å². The number of nitrogens with zero attached hydrogens (tertiary/aromatic N) is 1. The van der Waals surface area contributed by atoms with E-state index in [0.717, 1.165) is 24.9 Å². The third-order valence-electron chi connectivity index (χ3n) is 3.41.